The second-order valence-corrected chi connectivity index (χ2v) is 5.20. The van der Waals surface area contributed by atoms with Gasteiger partial charge in [0.15, 0.2) is 0 Å². The summed E-state index contributed by atoms with van der Waals surface area (Å²) in [7, 11) is 0. The Hall–Kier alpha value is -1.53. The van der Waals surface area contributed by atoms with Gasteiger partial charge in [-0.1, -0.05) is 6.92 Å². The number of hydrogen-bond acceptors (Lipinski definition) is 5. The maximum Gasteiger partial charge on any atom is 0.274 e. The summed E-state index contributed by atoms with van der Waals surface area (Å²) in [6.07, 6.45) is 3.63. The second-order valence-electron chi connectivity index (χ2n) is 5.20. The Labute approximate surface area is 119 Å². The van der Waals surface area contributed by atoms with Crippen molar-refractivity contribution in [1.29, 1.82) is 0 Å². The summed E-state index contributed by atoms with van der Waals surface area (Å²) in [5, 5.41) is 9.65. The Balaban J connectivity index is 1.87. The molecule has 0 aromatic carbocycles. The van der Waals surface area contributed by atoms with Crippen LogP contribution in [0.15, 0.2) is 12.4 Å². The fourth-order valence-corrected chi connectivity index (χ4v) is 2.23. The van der Waals surface area contributed by atoms with Crippen LogP contribution < -0.4 is 0 Å². The normalized spacial score (nSPS) is 18.1. The lowest BCUT2D eigenvalue weighted by Gasteiger charge is -2.35. The molecule has 1 aromatic rings. The number of nitrogens with zero attached hydrogens (tertiary/aromatic N) is 4. The van der Waals surface area contributed by atoms with Gasteiger partial charge < -0.3 is 10.0 Å². The van der Waals surface area contributed by atoms with Gasteiger partial charge in [0.25, 0.3) is 5.91 Å². The van der Waals surface area contributed by atoms with Gasteiger partial charge in [-0.05, 0) is 13.3 Å². The summed E-state index contributed by atoms with van der Waals surface area (Å²) >= 11 is 0. The standard InChI is InChI=1S/C14H22N4O2/c1-3-12(19)10-17-4-6-18(7-5-17)14(20)13-9-15-11(2)8-16-13/h8-9,12,19H,3-7,10H2,1-2H3. The highest BCUT2D eigenvalue weighted by molar-refractivity contribution is 5.92. The number of aliphatic hydroxyl groups is 1. The largest absolute Gasteiger partial charge is 0.392 e. The predicted octanol–water partition coefficient (Wildman–Crippen LogP) is 0.314. The first-order valence-corrected chi connectivity index (χ1v) is 7.08. The molecule has 1 aliphatic heterocycles. The van der Waals surface area contributed by atoms with Gasteiger partial charge in [0.2, 0.25) is 0 Å². The Morgan fingerprint density at radius 1 is 1.30 bits per heavy atom. The molecule has 1 atom stereocenters. The van der Waals surface area contributed by atoms with Gasteiger partial charge in [-0.25, -0.2) is 4.98 Å². The van der Waals surface area contributed by atoms with Crippen molar-refractivity contribution in [3.05, 3.63) is 23.8 Å². The van der Waals surface area contributed by atoms with Crippen LogP contribution in [0.1, 0.15) is 29.5 Å². The minimum Gasteiger partial charge on any atom is -0.392 e. The molecular formula is C14H22N4O2. The van der Waals surface area contributed by atoms with Gasteiger partial charge in [0.05, 0.1) is 18.0 Å². The van der Waals surface area contributed by atoms with Crippen LogP contribution in [0, 0.1) is 6.92 Å². The predicted molar refractivity (Wildman–Crippen MR) is 75.4 cm³/mol. The zero-order chi connectivity index (χ0) is 14.5. The Morgan fingerprint density at radius 2 is 2.00 bits per heavy atom. The Morgan fingerprint density at radius 3 is 2.55 bits per heavy atom. The van der Waals surface area contributed by atoms with Gasteiger partial charge in [-0.2, -0.15) is 0 Å². The van der Waals surface area contributed by atoms with Crippen LogP contribution in [-0.4, -0.2) is 69.6 Å². The van der Waals surface area contributed by atoms with Crippen LogP contribution >= 0.6 is 0 Å². The van der Waals surface area contributed by atoms with Crippen LogP contribution in [0.4, 0.5) is 0 Å². The molecule has 0 aliphatic carbocycles. The van der Waals surface area contributed by atoms with Crippen molar-refractivity contribution in [3.63, 3.8) is 0 Å². The van der Waals surface area contributed by atoms with E-state index in [1.165, 1.54) is 6.20 Å². The molecule has 2 rings (SSSR count). The number of rotatable bonds is 4. The lowest BCUT2D eigenvalue weighted by Crippen LogP contribution is -2.50. The number of hydrogen-bond donors (Lipinski definition) is 1. The van der Waals surface area contributed by atoms with Gasteiger partial charge in [-0.3, -0.25) is 14.7 Å². The first kappa shape index (κ1) is 14.9. The summed E-state index contributed by atoms with van der Waals surface area (Å²) in [6, 6.07) is 0. The van der Waals surface area contributed by atoms with Gasteiger partial charge in [0.1, 0.15) is 5.69 Å². The maximum absolute atomic E-state index is 12.3. The number of piperazine rings is 1. The molecule has 0 spiro atoms. The third-order valence-corrected chi connectivity index (χ3v) is 3.60. The molecule has 2 heterocycles. The van der Waals surface area contributed by atoms with Crippen molar-refractivity contribution >= 4 is 5.91 Å². The molecule has 110 valence electrons. The number of carbonyl (C=O) groups excluding carboxylic acids is 1. The lowest BCUT2D eigenvalue weighted by atomic mass is 10.2. The van der Waals surface area contributed by atoms with Gasteiger partial charge >= 0.3 is 0 Å². The summed E-state index contributed by atoms with van der Waals surface area (Å²) in [6.45, 7) is 7.43. The van der Waals surface area contributed by atoms with E-state index >= 15 is 0 Å². The maximum atomic E-state index is 12.3. The quantitative estimate of drug-likeness (QED) is 0.858. The van der Waals surface area contributed by atoms with E-state index in [1.807, 2.05) is 13.8 Å². The minimum atomic E-state index is -0.278. The summed E-state index contributed by atoms with van der Waals surface area (Å²) in [5.74, 6) is -0.0619. The highest BCUT2D eigenvalue weighted by Gasteiger charge is 2.23. The molecule has 0 radical (unpaired) electrons. The zero-order valence-corrected chi connectivity index (χ0v) is 12.1. The SMILES string of the molecule is CCC(O)CN1CCN(C(=O)c2cnc(C)cn2)CC1. The lowest BCUT2D eigenvalue weighted by molar-refractivity contribution is 0.0519. The Bertz CT molecular complexity index is 441. The molecule has 1 amide bonds. The van der Waals surface area contributed by atoms with E-state index in [2.05, 4.69) is 14.9 Å². The number of aryl methyl sites for hydroxylation is 1. The molecule has 6 heteroatoms. The van der Waals surface area contributed by atoms with Crippen LogP contribution in [0.25, 0.3) is 0 Å². The number of β-amino-alcohol motifs (C(OH)–C–C–N with tert-alkyl or cyclic N) is 1. The summed E-state index contributed by atoms with van der Waals surface area (Å²) in [5.41, 5.74) is 1.21. The fraction of sp³-hybridized carbons (Fsp3) is 0.643. The van der Waals surface area contributed by atoms with E-state index in [1.54, 1.807) is 11.1 Å². The Kier molecular flexibility index (Phi) is 5.03. The average Bonchev–Trinajstić information content (AvgIpc) is 2.48. The van der Waals surface area contributed by atoms with Crippen molar-refractivity contribution < 1.29 is 9.90 Å². The first-order chi connectivity index (χ1) is 9.60. The second kappa shape index (κ2) is 6.76. The zero-order valence-electron chi connectivity index (χ0n) is 12.1. The highest BCUT2D eigenvalue weighted by Crippen LogP contribution is 2.08. The fourth-order valence-electron chi connectivity index (χ4n) is 2.23. The van der Waals surface area contributed by atoms with E-state index in [9.17, 15) is 9.90 Å². The summed E-state index contributed by atoms with van der Waals surface area (Å²) in [4.78, 5) is 24.5. The monoisotopic (exact) mass is 278 g/mol. The number of amides is 1. The van der Waals surface area contributed by atoms with Crippen molar-refractivity contribution in [2.75, 3.05) is 32.7 Å². The van der Waals surface area contributed by atoms with Crippen molar-refractivity contribution in [2.24, 2.45) is 0 Å². The van der Waals surface area contributed by atoms with Crippen molar-refractivity contribution in [2.45, 2.75) is 26.4 Å². The van der Waals surface area contributed by atoms with Crippen LogP contribution in [0.5, 0.6) is 0 Å². The van der Waals surface area contributed by atoms with Crippen LogP contribution in [-0.2, 0) is 0 Å². The molecular weight excluding hydrogens is 256 g/mol. The third-order valence-electron chi connectivity index (χ3n) is 3.60. The van der Waals surface area contributed by atoms with E-state index in [-0.39, 0.29) is 12.0 Å². The van der Waals surface area contributed by atoms with Crippen molar-refractivity contribution in [1.82, 2.24) is 19.8 Å². The molecule has 1 aromatic heterocycles. The number of aliphatic hydroxyl groups excluding tert-OH is 1. The van der Waals surface area contributed by atoms with Crippen molar-refractivity contribution in [3.8, 4) is 0 Å². The van der Waals surface area contributed by atoms with Gasteiger partial charge in [0, 0.05) is 38.9 Å². The van der Waals surface area contributed by atoms with E-state index in [4.69, 9.17) is 0 Å². The molecule has 0 bridgehead atoms. The molecule has 0 saturated carbocycles. The summed E-state index contributed by atoms with van der Waals surface area (Å²) < 4.78 is 0. The molecule has 1 saturated heterocycles. The molecule has 20 heavy (non-hydrogen) atoms. The molecule has 1 aliphatic rings. The van der Waals surface area contributed by atoms with E-state index in [0.717, 1.165) is 25.2 Å². The third kappa shape index (κ3) is 3.74. The molecule has 1 N–H and O–H groups in total. The van der Waals surface area contributed by atoms with Gasteiger partial charge in [-0.15, -0.1) is 0 Å². The average molecular weight is 278 g/mol. The number of aromatic nitrogens is 2. The minimum absolute atomic E-state index is 0.0619. The van der Waals surface area contributed by atoms with Crippen LogP contribution in [0.2, 0.25) is 0 Å². The topological polar surface area (TPSA) is 69.6 Å². The molecule has 6 nitrogen and oxygen atoms in total. The molecule has 1 unspecified atom stereocenters. The van der Waals surface area contributed by atoms with E-state index < -0.39 is 0 Å². The first-order valence-electron chi connectivity index (χ1n) is 7.08. The van der Waals surface area contributed by atoms with E-state index in [0.29, 0.717) is 25.3 Å². The molecule has 1 fully saturated rings. The number of carbonyl (C=O) groups is 1. The smallest absolute Gasteiger partial charge is 0.274 e. The van der Waals surface area contributed by atoms with Crippen LogP contribution in [0.3, 0.4) is 0 Å². The highest BCUT2D eigenvalue weighted by atomic mass is 16.3.